The highest BCUT2D eigenvalue weighted by Gasteiger charge is 2.24. The largest absolute Gasteiger partial charge is 0.444 e. The third-order valence-electron chi connectivity index (χ3n) is 4.42. The number of para-hydroxylation sites is 1. The molecule has 0 atom stereocenters. The number of likely N-dealkylation sites (tertiary alicyclic amines) is 1. The molecule has 3 N–H and O–H groups in total. The topological polar surface area (TPSA) is 99.8 Å². The van der Waals surface area contributed by atoms with Crippen molar-refractivity contribution in [3.63, 3.8) is 0 Å². The Kier molecular flexibility index (Phi) is 8.30. The molecule has 0 radical (unpaired) electrons. The fourth-order valence-electron chi connectivity index (χ4n) is 3.00. The van der Waals surface area contributed by atoms with Gasteiger partial charge in [-0.05, 0) is 52.2 Å². The molecular formula is C21H32N4O4. The molecule has 1 fully saturated rings. The summed E-state index contributed by atoms with van der Waals surface area (Å²) in [4.78, 5) is 37.7. The lowest BCUT2D eigenvalue weighted by Gasteiger charge is -2.32. The van der Waals surface area contributed by atoms with E-state index in [0.29, 0.717) is 32.5 Å². The summed E-state index contributed by atoms with van der Waals surface area (Å²) in [6.45, 7) is 7.00. The molecule has 1 aromatic rings. The number of ether oxygens (including phenoxy) is 1. The van der Waals surface area contributed by atoms with Gasteiger partial charge in [0.1, 0.15) is 5.60 Å². The van der Waals surface area contributed by atoms with E-state index in [1.54, 1.807) is 25.7 Å². The predicted octanol–water partition coefficient (Wildman–Crippen LogP) is 3.10. The summed E-state index contributed by atoms with van der Waals surface area (Å²) in [6.07, 6.45) is 1.86. The van der Waals surface area contributed by atoms with Crippen LogP contribution in [-0.2, 0) is 9.53 Å². The lowest BCUT2D eigenvalue weighted by Crippen LogP contribution is -2.47. The van der Waals surface area contributed by atoms with Crippen LogP contribution < -0.4 is 16.0 Å². The Hall–Kier alpha value is -2.77. The van der Waals surface area contributed by atoms with Gasteiger partial charge in [0.05, 0.1) is 0 Å². The lowest BCUT2D eigenvalue weighted by molar-refractivity contribution is -0.122. The number of hydrogen-bond donors (Lipinski definition) is 3. The Morgan fingerprint density at radius 3 is 2.38 bits per heavy atom. The van der Waals surface area contributed by atoms with E-state index in [2.05, 4.69) is 16.0 Å². The molecule has 0 spiro atoms. The standard InChI is InChI=1S/C21H32N4O4/c1-21(2,3)29-20(28)22-13-7-10-18(26)23-17-11-14-25(15-12-17)19(27)24-16-8-5-4-6-9-16/h4-6,8-9,17H,7,10-15H2,1-3H3,(H,22,28)(H,23,26)(H,24,27). The van der Waals surface area contributed by atoms with Crippen LogP contribution in [0.15, 0.2) is 30.3 Å². The van der Waals surface area contributed by atoms with Crippen LogP contribution in [0.4, 0.5) is 15.3 Å². The molecule has 0 saturated carbocycles. The summed E-state index contributed by atoms with van der Waals surface area (Å²) in [5, 5.41) is 8.54. The number of urea groups is 1. The van der Waals surface area contributed by atoms with Crippen LogP contribution in [0, 0.1) is 0 Å². The third kappa shape index (κ3) is 8.85. The fourth-order valence-corrected chi connectivity index (χ4v) is 3.00. The van der Waals surface area contributed by atoms with Crippen molar-refractivity contribution in [1.82, 2.24) is 15.5 Å². The van der Waals surface area contributed by atoms with Crippen molar-refractivity contribution in [1.29, 1.82) is 0 Å². The molecule has 160 valence electrons. The van der Waals surface area contributed by atoms with Gasteiger partial charge in [-0.3, -0.25) is 4.79 Å². The molecule has 1 aliphatic rings. The van der Waals surface area contributed by atoms with Crippen molar-refractivity contribution in [3.05, 3.63) is 30.3 Å². The van der Waals surface area contributed by atoms with Crippen molar-refractivity contribution in [3.8, 4) is 0 Å². The Morgan fingerprint density at radius 1 is 1.10 bits per heavy atom. The first-order valence-electron chi connectivity index (χ1n) is 10.1. The Bertz CT molecular complexity index is 680. The van der Waals surface area contributed by atoms with Crippen molar-refractivity contribution in [2.75, 3.05) is 25.0 Å². The van der Waals surface area contributed by atoms with Gasteiger partial charge >= 0.3 is 12.1 Å². The number of piperidine rings is 1. The molecule has 0 unspecified atom stereocenters. The second kappa shape index (κ2) is 10.7. The number of carbonyl (C=O) groups excluding carboxylic acids is 3. The van der Waals surface area contributed by atoms with Gasteiger partial charge in [-0.15, -0.1) is 0 Å². The van der Waals surface area contributed by atoms with Crippen LogP contribution >= 0.6 is 0 Å². The second-order valence-corrected chi connectivity index (χ2v) is 8.16. The van der Waals surface area contributed by atoms with Crippen LogP contribution in [0.3, 0.4) is 0 Å². The Morgan fingerprint density at radius 2 is 1.76 bits per heavy atom. The van der Waals surface area contributed by atoms with E-state index in [1.807, 2.05) is 30.3 Å². The first kappa shape index (κ1) is 22.5. The van der Waals surface area contributed by atoms with Crippen LogP contribution in [0.5, 0.6) is 0 Å². The summed E-state index contributed by atoms with van der Waals surface area (Å²) >= 11 is 0. The molecule has 1 aliphatic heterocycles. The van der Waals surface area contributed by atoms with Gasteiger partial charge in [0.15, 0.2) is 0 Å². The van der Waals surface area contributed by atoms with Crippen LogP contribution in [-0.4, -0.2) is 54.2 Å². The predicted molar refractivity (Wildman–Crippen MR) is 112 cm³/mol. The van der Waals surface area contributed by atoms with Crippen molar-refractivity contribution in [2.24, 2.45) is 0 Å². The Balaban J connectivity index is 1.59. The number of hydrogen-bond acceptors (Lipinski definition) is 4. The van der Waals surface area contributed by atoms with E-state index >= 15 is 0 Å². The van der Waals surface area contributed by atoms with Gasteiger partial charge in [0.2, 0.25) is 5.91 Å². The van der Waals surface area contributed by atoms with Crippen molar-refractivity contribution < 1.29 is 19.1 Å². The van der Waals surface area contributed by atoms with Gasteiger partial charge in [-0.1, -0.05) is 18.2 Å². The maximum atomic E-state index is 12.3. The quantitative estimate of drug-likeness (QED) is 0.634. The van der Waals surface area contributed by atoms with Crippen LogP contribution in [0.25, 0.3) is 0 Å². The zero-order valence-electron chi connectivity index (χ0n) is 17.5. The van der Waals surface area contributed by atoms with Gasteiger partial charge in [0.25, 0.3) is 0 Å². The molecule has 2 rings (SSSR count). The fraction of sp³-hybridized carbons (Fsp3) is 0.571. The summed E-state index contributed by atoms with van der Waals surface area (Å²) in [5.74, 6) is -0.0387. The first-order chi connectivity index (χ1) is 13.7. The summed E-state index contributed by atoms with van der Waals surface area (Å²) in [6, 6.07) is 9.31. The molecule has 29 heavy (non-hydrogen) atoms. The molecule has 1 saturated heterocycles. The molecule has 0 bridgehead atoms. The molecule has 4 amide bonds. The number of rotatable bonds is 6. The molecule has 0 aromatic heterocycles. The summed E-state index contributed by atoms with van der Waals surface area (Å²) < 4.78 is 5.15. The van der Waals surface area contributed by atoms with E-state index in [4.69, 9.17) is 4.74 Å². The van der Waals surface area contributed by atoms with E-state index in [9.17, 15) is 14.4 Å². The molecule has 8 nitrogen and oxygen atoms in total. The number of anilines is 1. The van der Waals surface area contributed by atoms with E-state index in [1.165, 1.54) is 0 Å². The number of amides is 4. The van der Waals surface area contributed by atoms with Crippen LogP contribution in [0.1, 0.15) is 46.5 Å². The second-order valence-electron chi connectivity index (χ2n) is 8.16. The number of nitrogens with zero attached hydrogens (tertiary/aromatic N) is 1. The van der Waals surface area contributed by atoms with Crippen LogP contribution in [0.2, 0.25) is 0 Å². The minimum atomic E-state index is -0.533. The molecule has 1 heterocycles. The average molecular weight is 405 g/mol. The smallest absolute Gasteiger partial charge is 0.407 e. The number of alkyl carbamates (subject to hydrolysis) is 1. The van der Waals surface area contributed by atoms with E-state index in [-0.39, 0.29) is 18.0 Å². The zero-order valence-corrected chi connectivity index (χ0v) is 17.5. The SMILES string of the molecule is CC(C)(C)OC(=O)NCCCC(=O)NC1CCN(C(=O)Nc2ccccc2)CC1. The normalized spacial score (nSPS) is 14.8. The first-order valence-corrected chi connectivity index (χ1v) is 10.1. The molecule has 0 aliphatic carbocycles. The summed E-state index contributed by atoms with van der Waals surface area (Å²) in [7, 11) is 0. The average Bonchev–Trinajstić information content (AvgIpc) is 2.65. The molecular weight excluding hydrogens is 372 g/mol. The highest BCUT2D eigenvalue weighted by Crippen LogP contribution is 2.13. The van der Waals surface area contributed by atoms with E-state index in [0.717, 1.165) is 18.5 Å². The number of carbonyl (C=O) groups is 3. The van der Waals surface area contributed by atoms with Gasteiger partial charge in [-0.2, -0.15) is 0 Å². The minimum Gasteiger partial charge on any atom is -0.444 e. The number of nitrogens with one attached hydrogen (secondary N) is 3. The minimum absolute atomic E-state index is 0.0387. The highest BCUT2D eigenvalue weighted by molar-refractivity contribution is 5.89. The van der Waals surface area contributed by atoms with Gasteiger partial charge in [0, 0.05) is 37.8 Å². The maximum Gasteiger partial charge on any atom is 0.407 e. The van der Waals surface area contributed by atoms with Gasteiger partial charge < -0.3 is 25.6 Å². The summed E-state index contributed by atoms with van der Waals surface area (Å²) in [5.41, 5.74) is 0.238. The van der Waals surface area contributed by atoms with Gasteiger partial charge in [-0.25, -0.2) is 9.59 Å². The Labute approximate surface area is 172 Å². The molecule has 1 aromatic carbocycles. The highest BCUT2D eigenvalue weighted by atomic mass is 16.6. The monoisotopic (exact) mass is 404 g/mol. The van der Waals surface area contributed by atoms with Crippen molar-refractivity contribution >= 4 is 23.7 Å². The van der Waals surface area contributed by atoms with E-state index < -0.39 is 11.7 Å². The zero-order chi connectivity index (χ0) is 21.3. The third-order valence-corrected chi connectivity index (χ3v) is 4.42. The molecule has 8 heteroatoms. The van der Waals surface area contributed by atoms with Crippen molar-refractivity contribution in [2.45, 2.75) is 58.1 Å². The maximum absolute atomic E-state index is 12.3. The lowest BCUT2D eigenvalue weighted by atomic mass is 10.0. The number of benzene rings is 1.